The molecular formula is C16H24N4O2. The summed E-state index contributed by atoms with van der Waals surface area (Å²) in [4.78, 5) is 25.1. The van der Waals surface area contributed by atoms with Crippen molar-refractivity contribution in [2.45, 2.75) is 44.6 Å². The van der Waals surface area contributed by atoms with E-state index in [1.165, 1.54) is 0 Å². The fourth-order valence-electron chi connectivity index (χ4n) is 3.96. The monoisotopic (exact) mass is 304 g/mol. The SMILES string of the molecule is CCN1C(=O)CCC[C@]12CCCN(c1cc(OC)ncn1)C2. The zero-order chi connectivity index (χ0) is 15.6. The molecule has 0 unspecified atom stereocenters. The van der Waals surface area contributed by atoms with Gasteiger partial charge in [-0.05, 0) is 32.6 Å². The van der Waals surface area contributed by atoms with E-state index in [1.807, 2.05) is 6.07 Å². The van der Waals surface area contributed by atoms with E-state index in [-0.39, 0.29) is 5.54 Å². The van der Waals surface area contributed by atoms with Crippen LogP contribution in [0.3, 0.4) is 0 Å². The normalized spacial score (nSPS) is 25.6. The van der Waals surface area contributed by atoms with Crippen LogP contribution in [0.4, 0.5) is 5.82 Å². The quantitative estimate of drug-likeness (QED) is 0.853. The van der Waals surface area contributed by atoms with E-state index in [0.717, 1.165) is 51.1 Å². The van der Waals surface area contributed by atoms with Crippen LogP contribution in [0.2, 0.25) is 0 Å². The van der Waals surface area contributed by atoms with Gasteiger partial charge in [0.2, 0.25) is 11.8 Å². The second-order valence-electron chi connectivity index (χ2n) is 6.16. The molecule has 1 atom stereocenters. The van der Waals surface area contributed by atoms with Crippen molar-refractivity contribution in [2.75, 3.05) is 31.6 Å². The number of methoxy groups -OCH3 is 1. The van der Waals surface area contributed by atoms with E-state index in [1.54, 1.807) is 13.4 Å². The number of carbonyl (C=O) groups excluding carboxylic acids is 1. The van der Waals surface area contributed by atoms with Crippen LogP contribution < -0.4 is 9.64 Å². The molecular weight excluding hydrogens is 280 g/mol. The minimum absolute atomic E-state index is 0.0273. The molecule has 3 rings (SSSR count). The van der Waals surface area contributed by atoms with Crippen molar-refractivity contribution in [1.29, 1.82) is 0 Å². The fourth-order valence-corrected chi connectivity index (χ4v) is 3.96. The third-order valence-electron chi connectivity index (χ3n) is 4.94. The molecule has 6 nitrogen and oxygen atoms in total. The van der Waals surface area contributed by atoms with Crippen LogP contribution in [0.1, 0.15) is 39.0 Å². The van der Waals surface area contributed by atoms with Crippen molar-refractivity contribution in [3.05, 3.63) is 12.4 Å². The van der Waals surface area contributed by atoms with Crippen molar-refractivity contribution in [2.24, 2.45) is 0 Å². The number of likely N-dealkylation sites (tertiary alicyclic amines) is 1. The Morgan fingerprint density at radius 2 is 2.14 bits per heavy atom. The lowest BCUT2D eigenvalue weighted by Crippen LogP contribution is -2.62. The first kappa shape index (κ1) is 15.1. The number of aromatic nitrogens is 2. The van der Waals surface area contributed by atoms with Gasteiger partial charge in [-0.2, -0.15) is 0 Å². The molecule has 1 spiro atoms. The summed E-state index contributed by atoms with van der Waals surface area (Å²) in [7, 11) is 1.61. The predicted molar refractivity (Wildman–Crippen MR) is 84.0 cm³/mol. The summed E-state index contributed by atoms with van der Waals surface area (Å²) in [6, 6.07) is 1.87. The minimum atomic E-state index is -0.0273. The molecule has 0 saturated carbocycles. The number of hydrogen-bond acceptors (Lipinski definition) is 5. The summed E-state index contributed by atoms with van der Waals surface area (Å²) in [5.74, 6) is 1.77. The van der Waals surface area contributed by atoms with E-state index in [2.05, 4.69) is 26.7 Å². The highest BCUT2D eigenvalue weighted by molar-refractivity contribution is 5.78. The number of ether oxygens (including phenoxy) is 1. The molecule has 0 bridgehead atoms. The summed E-state index contributed by atoms with van der Waals surface area (Å²) >= 11 is 0. The van der Waals surface area contributed by atoms with Gasteiger partial charge in [0.25, 0.3) is 0 Å². The molecule has 3 heterocycles. The van der Waals surface area contributed by atoms with E-state index in [9.17, 15) is 4.79 Å². The number of likely N-dealkylation sites (N-methyl/N-ethyl adjacent to an activating group) is 1. The van der Waals surface area contributed by atoms with Gasteiger partial charge >= 0.3 is 0 Å². The lowest BCUT2D eigenvalue weighted by molar-refractivity contribution is -0.142. The van der Waals surface area contributed by atoms with Gasteiger partial charge in [0.1, 0.15) is 12.1 Å². The Morgan fingerprint density at radius 1 is 1.32 bits per heavy atom. The lowest BCUT2D eigenvalue weighted by atomic mass is 9.79. The third kappa shape index (κ3) is 2.62. The number of anilines is 1. The van der Waals surface area contributed by atoms with Crippen molar-refractivity contribution >= 4 is 11.7 Å². The van der Waals surface area contributed by atoms with Gasteiger partial charge in [-0.3, -0.25) is 4.79 Å². The summed E-state index contributed by atoms with van der Waals surface area (Å²) in [6.07, 6.45) is 6.49. The van der Waals surface area contributed by atoms with E-state index in [0.29, 0.717) is 18.2 Å². The topological polar surface area (TPSA) is 58.6 Å². The Hall–Kier alpha value is -1.85. The molecule has 120 valence electrons. The molecule has 1 aromatic rings. The fraction of sp³-hybridized carbons (Fsp3) is 0.688. The zero-order valence-electron chi connectivity index (χ0n) is 13.4. The third-order valence-corrected chi connectivity index (χ3v) is 4.94. The molecule has 2 aliphatic heterocycles. The summed E-state index contributed by atoms with van der Waals surface area (Å²) in [6.45, 7) is 4.69. The maximum Gasteiger partial charge on any atom is 0.223 e. The Bertz CT molecular complexity index is 547. The highest BCUT2D eigenvalue weighted by Gasteiger charge is 2.44. The summed E-state index contributed by atoms with van der Waals surface area (Å²) in [5, 5.41) is 0. The number of carbonyl (C=O) groups is 1. The van der Waals surface area contributed by atoms with E-state index >= 15 is 0 Å². The maximum atomic E-state index is 12.3. The van der Waals surface area contributed by atoms with Crippen LogP contribution in [0, 0.1) is 0 Å². The van der Waals surface area contributed by atoms with Crippen LogP contribution in [0.15, 0.2) is 12.4 Å². The summed E-state index contributed by atoms with van der Waals surface area (Å²) in [5.41, 5.74) is -0.0273. The van der Waals surface area contributed by atoms with Crippen LogP contribution in [0.25, 0.3) is 0 Å². The number of piperidine rings is 2. The smallest absolute Gasteiger partial charge is 0.223 e. The first-order valence-corrected chi connectivity index (χ1v) is 8.10. The van der Waals surface area contributed by atoms with Crippen LogP contribution in [0.5, 0.6) is 5.88 Å². The average Bonchev–Trinajstić information content (AvgIpc) is 2.55. The molecule has 1 aromatic heterocycles. The van der Waals surface area contributed by atoms with Gasteiger partial charge in [0.15, 0.2) is 0 Å². The number of nitrogens with zero attached hydrogens (tertiary/aromatic N) is 4. The van der Waals surface area contributed by atoms with Crippen LogP contribution >= 0.6 is 0 Å². The molecule has 0 aliphatic carbocycles. The molecule has 2 fully saturated rings. The second kappa shape index (κ2) is 6.10. The molecule has 0 aromatic carbocycles. The first-order chi connectivity index (χ1) is 10.7. The number of amides is 1. The van der Waals surface area contributed by atoms with Gasteiger partial charge in [-0.25, -0.2) is 9.97 Å². The largest absolute Gasteiger partial charge is 0.481 e. The van der Waals surface area contributed by atoms with Crippen molar-refractivity contribution < 1.29 is 9.53 Å². The average molecular weight is 304 g/mol. The predicted octanol–water partition coefficient (Wildman–Crippen LogP) is 1.86. The van der Waals surface area contributed by atoms with Crippen molar-refractivity contribution in [3.8, 4) is 5.88 Å². The molecule has 0 radical (unpaired) electrons. The van der Waals surface area contributed by atoms with Crippen molar-refractivity contribution in [3.63, 3.8) is 0 Å². The highest BCUT2D eigenvalue weighted by Crippen LogP contribution is 2.37. The van der Waals surface area contributed by atoms with Crippen molar-refractivity contribution in [1.82, 2.24) is 14.9 Å². The number of hydrogen-bond donors (Lipinski definition) is 0. The second-order valence-corrected chi connectivity index (χ2v) is 6.16. The summed E-state index contributed by atoms with van der Waals surface area (Å²) < 4.78 is 5.20. The Labute approximate surface area is 131 Å². The molecule has 1 amide bonds. The van der Waals surface area contributed by atoms with Gasteiger partial charge < -0.3 is 14.5 Å². The van der Waals surface area contributed by atoms with Crippen LogP contribution in [-0.2, 0) is 4.79 Å². The van der Waals surface area contributed by atoms with Gasteiger partial charge in [0.05, 0.1) is 12.6 Å². The molecule has 0 N–H and O–H groups in total. The zero-order valence-corrected chi connectivity index (χ0v) is 13.4. The van der Waals surface area contributed by atoms with E-state index in [4.69, 9.17) is 4.74 Å². The van der Waals surface area contributed by atoms with E-state index < -0.39 is 0 Å². The molecule has 6 heteroatoms. The number of rotatable bonds is 3. The Kier molecular flexibility index (Phi) is 4.18. The molecule has 2 saturated heterocycles. The van der Waals surface area contributed by atoms with Gasteiger partial charge in [0, 0.05) is 32.1 Å². The maximum absolute atomic E-state index is 12.3. The molecule has 2 aliphatic rings. The molecule has 22 heavy (non-hydrogen) atoms. The Morgan fingerprint density at radius 3 is 2.91 bits per heavy atom. The van der Waals surface area contributed by atoms with Gasteiger partial charge in [-0.15, -0.1) is 0 Å². The minimum Gasteiger partial charge on any atom is -0.481 e. The Balaban J connectivity index is 1.85. The first-order valence-electron chi connectivity index (χ1n) is 8.10. The van der Waals surface area contributed by atoms with Gasteiger partial charge in [-0.1, -0.05) is 0 Å². The standard InChI is InChI=1S/C16H24N4O2/c1-3-20-15(21)6-4-7-16(20)8-5-9-19(11-16)13-10-14(22-2)18-12-17-13/h10,12H,3-9,11H2,1-2H3/t16-/m1/s1. The highest BCUT2D eigenvalue weighted by atomic mass is 16.5. The van der Waals surface area contributed by atoms with Crippen LogP contribution in [-0.4, -0.2) is 53.1 Å². The lowest BCUT2D eigenvalue weighted by Gasteiger charge is -2.52.